The fraction of sp³-hybridized carbons (Fsp3) is 0.440. The first-order valence-electron chi connectivity index (χ1n) is 11.4. The summed E-state index contributed by atoms with van der Waals surface area (Å²) >= 11 is 0. The highest BCUT2D eigenvalue weighted by molar-refractivity contribution is 14.0. The summed E-state index contributed by atoms with van der Waals surface area (Å²) in [5.74, 6) is 1.59. The monoisotopic (exact) mass is 563 g/mol. The molecule has 1 amide bonds. The van der Waals surface area contributed by atoms with Crippen LogP contribution in [0.4, 0.5) is 5.69 Å². The molecule has 4 rings (SSSR count). The molecular formula is C25H34IN5O2. The van der Waals surface area contributed by atoms with Gasteiger partial charge in [0.05, 0.1) is 5.69 Å². The van der Waals surface area contributed by atoms with Gasteiger partial charge in [-0.05, 0) is 37.5 Å². The van der Waals surface area contributed by atoms with E-state index in [1.165, 1.54) is 5.56 Å². The van der Waals surface area contributed by atoms with Crippen LogP contribution in [0.3, 0.4) is 0 Å². The van der Waals surface area contributed by atoms with Crippen LogP contribution in [0.2, 0.25) is 0 Å². The Bertz CT molecular complexity index is 939. The molecule has 0 aliphatic carbocycles. The molecule has 8 heteroatoms. The molecule has 2 atom stereocenters. The summed E-state index contributed by atoms with van der Waals surface area (Å²) in [4.78, 5) is 21.0. The van der Waals surface area contributed by atoms with Gasteiger partial charge in [-0.25, -0.2) is 0 Å². The molecule has 0 saturated carbocycles. The van der Waals surface area contributed by atoms with Crippen LogP contribution >= 0.6 is 24.0 Å². The zero-order valence-corrected chi connectivity index (χ0v) is 21.7. The summed E-state index contributed by atoms with van der Waals surface area (Å²) in [6, 6.07) is 19.2. The molecule has 0 radical (unpaired) electrons. The Morgan fingerprint density at radius 2 is 1.91 bits per heavy atom. The number of carbonyl (C=O) groups is 1. The van der Waals surface area contributed by atoms with Crippen LogP contribution in [0, 0.1) is 0 Å². The third-order valence-corrected chi connectivity index (χ3v) is 6.16. The van der Waals surface area contributed by atoms with E-state index in [-0.39, 0.29) is 36.5 Å². The van der Waals surface area contributed by atoms with E-state index in [0.717, 1.165) is 49.9 Å². The van der Waals surface area contributed by atoms with Gasteiger partial charge in [-0.15, -0.1) is 24.0 Å². The smallest absolute Gasteiger partial charge is 0.265 e. The number of anilines is 1. The first-order valence-corrected chi connectivity index (χ1v) is 11.4. The number of rotatable bonds is 7. The van der Waals surface area contributed by atoms with Gasteiger partial charge in [0.2, 0.25) is 0 Å². The van der Waals surface area contributed by atoms with E-state index in [4.69, 9.17) is 4.74 Å². The second-order valence-electron chi connectivity index (χ2n) is 8.50. The number of fused-ring (bicyclic) bond motifs is 1. The predicted octanol–water partition coefficient (Wildman–Crippen LogP) is 3.25. The van der Waals surface area contributed by atoms with Gasteiger partial charge in [-0.1, -0.05) is 42.5 Å². The van der Waals surface area contributed by atoms with Gasteiger partial charge >= 0.3 is 0 Å². The number of nitrogens with zero attached hydrogens (tertiary/aromatic N) is 3. The minimum Gasteiger partial charge on any atom is -0.482 e. The highest BCUT2D eigenvalue weighted by Gasteiger charge is 2.29. The number of aliphatic imine (C=N–C) groups is 1. The van der Waals surface area contributed by atoms with E-state index in [0.29, 0.717) is 18.6 Å². The molecule has 2 N–H and O–H groups in total. The molecule has 2 aromatic rings. The Morgan fingerprint density at radius 1 is 1.15 bits per heavy atom. The number of benzene rings is 2. The molecule has 2 aliphatic heterocycles. The summed E-state index contributed by atoms with van der Waals surface area (Å²) in [5.41, 5.74) is 2.20. The van der Waals surface area contributed by atoms with Gasteiger partial charge in [-0.3, -0.25) is 14.7 Å². The lowest BCUT2D eigenvalue weighted by atomic mass is 10.2. The topological polar surface area (TPSA) is 69.2 Å². The molecule has 178 valence electrons. The van der Waals surface area contributed by atoms with Crippen molar-refractivity contribution in [3.8, 4) is 5.75 Å². The molecule has 0 spiro atoms. The second-order valence-corrected chi connectivity index (χ2v) is 8.50. The van der Waals surface area contributed by atoms with Crippen molar-refractivity contribution in [2.24, 2.45) is 4.99 Å². The Morgan fingerprint density at radius 3 is 2.70 bits per heavy atom. The SMILES string of the molecule is CN=C(NCCCN1C(=O)COc2ccccc21)NC1CC(C)N(Cc2ccccc2)C1.I. The van der Waals surface area contributed by atoms with Crippen molar-refractivity contribution in [1.29, 1.82) is 0 Å². The van der Waals surface area contributed by atoms with Crippen molar-refractivity contribution in [3.05, 3.63) is 60.2 Å². The molecule has 0 bridgehead atoms. The highest BCUT2D eigenvalue weighted by Crippen LogP contribution is 2.31. The van der Waals surface area contributed by atoms with Crippen LogP contribution in [-0.4, -0.2) is 62.1 Å². The minimum atomic E-state index is 0. The van der Waals surface area contributed by atoms with E-state index >= 15 is 0 Å². The molecule has 2 unspecified atom stereocenters. The molecule has 1 saturated heterocycles. The Kier molecular flexibility index (Phi) is 9.37. The maximum atomic E-state index is 12.3. The number of hydrogen-bond donors (Lipinski definition) is 2. The fourth-order valence-electron chi connectivity index (χ4n) is 4.47. The quantitative estimate of drug-likeness (QED) is 0.235. The number of halogens is 1. The molecule has 7 nitrogen and oxygen atoms in total. The average molecular weight is 563 g/mol. The van der Waals surface area contributed by atoms with E-state index in [9.17, 15) is 4.79 Å². The summed E-state index contributed by atoms with van der Waals surface area (Å²) in [6.45, 7) is 5.75. The van der Waals surface area contributed by atoms with E-state index in [2.05, 4.69) is 57.8 Å². The van der Waals surface area contributed by atoms with Crippen molar-refractivity contribution in [2.45, 2.75) is 38.4 Å². The zero-order chi connectivity index (χ0) is 22.3. The largest absolute Gasteiger partial charge is 0.482 e. The minimum absolute atomic E-state index is 0. The van der Waals surface area contributed by atoms with Gasteiger partial charge in [0.25, 0.3) is 5.91 Å². The average Bonchev–Trinajstić information content (AvgIpc) is 3.16. The first kappa shape index (κ1) is 25.3. The van der Waals surface area contributed by atoms with Gasteiger partial charge < -0.3 is 20.3 Å². The Balaban J connectivity index is 0.00000306. The lowest BCUT2D eigenvalue weighted by molar-refractivity contribution is -0.121. The lowest BCUT2D eigenvalue weighted by Crippen LogP contribution is -2.45. The van der Waals surface area contributed by atoms with E-state index < -0.39 is 0 Å². The van der Waals surface area contributed by atoms with E-state index in [1.54, 1.807) is 7.05 Å². The second kappa shape index (κ2) is 12.2. The third-order valence-electron chi connectivity index (χ3n) is 6.16. The van der Waals surface area contributed by atoms with Crippen LogP contribution in [-0.2, 0) is 11.3 Å². The number of nitrogens with one attached hydrogen (secondary N) is 2. The molecule has 2 aromatic carbocycles. The van der Waals surface area contributed by atoms with Crippen LogP contribution in [0.1, 0.15) is 25.3 Å². The number of hydrogen-bond acceptors (Lipinski definition) is 4. The fourth-order valence-corrected chi connectivity index (χ4v) is 4.47. The molecule has 2 heterocycles. The van der Waals surface area contributed by atoms with Crippen molar-refractivity contribution in [2.75, 3.05) is 38.2 Å². The van der Waals surface area contributed by atoms with Crippen molar-refractivity contribution >= 4 is 41.5 Å². The van der Waals surface area contributed by atoms with Gasteiger partial charge in [0.1, 0.15) is 5.75 Å². The van der Waals surface area contributed by atoms with Gasteiger partial charge in [-0.2, -0.15) is 0 Å². The lowest BCUT2D eigenvalue weighted by Gasteiger charge is -2.29. The van der Waals surface area contributed by atoms with Gasteiger partial charge in [0, 0.05) is 45.3 Å². The molecule has 2 aliphatic rings. The van der Waals surface area contributed by atoms with Crippen LogP contribution < -0.4 is 20.3 Å². The third kappa shape index (κ3) is 6.60. The molecule has 0 aromatic heterocycles. The molecular weight excluding hydrogens is 529 g/mol. The number of likely N-dealkylation sites (tertiary alicyclic amines) is 1. The number of ether oxygens (including phenoxy) is 1. The maximum absolute atomic E-state index is 12.3. The van der Waals surface area contributed by atoms with Crippen LogP contribution in [0.15, 0.2) is 59.6 Å². The molecule has 33 heavy (non-hydrogen) atoms. The Labute approximate surface area is 213 Å². The van der Waals surface area contributed by atoms with Crippen LogP contribution in [0.25, 0.3) is 0 Å². The van der Waals surface area contributed by atoms with Crippen LogP contribution in [0.5, 0.6) is 5.75 Å². The van der Waals surface area contributed by atoms with E-state index in [1.807, 2.05) is 29.2 Å². The summed E-state index contributed by atoms with van der Waals surface area (Å²) in [5, 5.41) is 6.98. The summed E-state index contributed by atoms with van der Waals surface area (Å²) in [7, 11) is 1.80. The summed E-state index contributed by atoms with van der Waals surface area (Å²) in [6.07, 6.45) is 1.91. The normalized spacial score (nSPS) is 20.6. The highest BCUT2D eigenvalue weighted by atomic mass is 127. The van der Waals surface area contributed by atoms with Crippen molar-refractivity contribution < 1.29 is 9.53 Å². The summed E-state index contributed by atoms with van der Waals surface area (Å²) < 4.78 is 5.52. The predicted molar refractivity (Wildman–Crippen MR) is 144 cm³/mol. The number of carbonyl (C=O) groups excluding carboxylic acids is 1. The number of amides is 1. The number of guanidine groups is 1. The standard InChI is InChI=1S/C25H33N5O2.HI/c1-19-15-21(17-29(19)16-20-9-4-3-5-10-20)28-25(26-2)27-13-8-14-30-22-11-6-7-12-23(22)32-18-24(30)31;/h3-7,9-12,19,21H,8,13-18H2,1-2H3,(H2,26,27,28);1H. The van der Waals surface area contributed by atoms with Crippen molar-refractivity contribution in [3.63, 3.8) is 0 Å². The maximum Gasteiger partial charge on any atom is 0.265 e. The first-order chi connectivity index (χ1) is 15.6. The van der Waals surface area contributed by atoms with Gasteiger partial charge in [0.15, 0.2) is 12.6 Å². The van der Waals surface area contributed by atoms with Crippen molar-refractivity contribution in [1.82, 2.24) is 15.5 Å². The Hall–Kier alpha value is -2.33. The molecule has 1 fully saturated rings. The zero-order valence-electron chi connectivity index (χ0n) is 19.4. The number of para-hydroxylation sites is 2.